The molecular formula is C18H20N4O2S. The lowest BCUT2D eigenvalue weighted by atomic mass is 10.0. The molecule has 0 bridgehead atoms. The molecule has 1 atom stereocenters. The Kier molecular flexibility index (Phi) is 5.90. The number of furan rings is 1. The summed E-state index contributed by atoms with van der Waals surface area (Å²) < 4.78 is 7.37. The van der Waals surface area contributed by atoms with Crippen LogP contribution in [-0.2, 0) is 12.3 Å². The Morgan fingerprint density at radius 3 is 2.84 bits per heavy atom. The summed E-state index contributed by atoms with van der Waals surface area (Å²) in [7, 11) is 0. The molecule has 1 aromatic carbocycles. The van der Waals surface area contributed by atoms with E-state index in [0.29, 0.717) is 18.7 Å². The van der Waals surface area contributed by atoms with Crippen LogP contribution in [0.15, 0.2) is 59.5 Å². The van der Waals surface area contributed by atoms with E-state index in [1.165, 1.54) is 6.33 Å². The Morgan fingerprint density at radius 2 is 2.12 bits per heavy atom. The highest BCUT2D eigenvalue weighted by Gasteiger charge is 2.18. The number of hydrogen-bond acceptors (Lipinski definition) is 5. The average molecular weight is 356 g/mol. The summed E-state index contributed by atoms with van der Waals surface area (Å²) in [5.41, 5.74) is 1.05. The Bertz CT molecular complexity index is 787. The van der Waals surface area contributed by atoms with E-state index in [1.54, 1.807) is 28.8 Å². The molecule has 0 spiro atoms. The van der Waals surface area contributed by atoms with Gasteiger partial charge in [-0.25, -0.2) is 4.98 Å². The third-order valence-corrected chi connectivity index (χ3v) is 4.37. The number of amides is 1. The molecule has 1 amide bonds. The van der Waals surface area contributed by atoms with Crippen molar-refractivity contribution < 1.29 is 9.21 Å². The van der Waals surface area contributed by atoms with Crippen LogP contribution < -0.4 is 5.32 Å². The second kappa shape index (κ2) is 8.53. The van der Waals surface area contributed by atoms with Crippen molar-refractivity contribution in [2.24, 2.45) is 0 Å². The van der Waals surface area contributed by atoms with Crippen molar-refractivity contribution in [2.45, 2.75) is 24.8 Å². The van der Waals surface area contributed by atoms with Gasteiger partial charge in [-0.2, -0.15) is 16.9 Å². The van der Waals surface area contributed by atoms with Crippen molar-refractivity contribution in [3.8, 4) is 0 Å². The monoisotopic (exact) mass is 356 g/mol. The molecule has 3 rings (SSSR count). The third kappa shape index (κ3) is 4.73. The largest absolute Gasteiger partial charge is 0.455 e. The van der Waals surface area contributed by atoms with Gasteiger partial charge in [0.15, 0.2) is 5.76 Å². The maximum absolute atomic E-state index is 12.6. The van der Waals surface area contributed by atoms with Crippen molar-refractivity contribution >= 4 is 17.7 Å². The molecule has 0 radical (unpaired) electrons. The van der Waals surface area contributed by atoms with Crippen LogP contribution >= 0.6 is 11.8 Å². The van der Waals surface area contributed by atoms with Crippen LogP contribution in [0.4, 0.5) is 0 Å². The molecule has 7 heteroatoms. The number of rotatable bonds is 8. The fraction of sp³-hybridized carbons (Fsp3) is 0.278. The zero-order valence-corrected chi connectivity index (χ0v) is 14.8. The average Bonchev–Trinajstić information content (AvgIpc) is 3.31. The number of aryl methyl sites for hydroxylation is 1. The highest BCUT2D eigenvalue weighted by atomic mass is 32.2. The molecule has 0 unspecified atom stereocenters. The number of thioether (sulfide) groups is 1. The molecule has 2 aromatic heterocycles. The molecule has 0 saturated carbocycles. The second-order valence-corrected chi connectivity index (χ2v) is 6.45. The van der Waals surface area contributed by atoms with E-state index < -0.39 is 0 Å². The predicted molar refractivity (Wildman–Crippen MR) is 97.2 cm³/mol. The lowest BCUT2D eigenvalue weighted by Crippen LogP contribution is -2.29. The van der Waals surface area contributed by atoms with Crippen LogP contribution in [0.5, 0.6) is 0 Å². The number of aromatic nitrogens is 3. The highest BCUT2D eigenvalue weighted by Crippen LogP contribution is 2.19. The van der Waals surface area contributed by atoms with Crippen LogP contribution in [0.3, 0.4) is 0 Å². The van der Waals surface area contributed by atoms with E-state index in [9.17, 15) is 4.79 Å². The smallest absolute Gasteiger partial charge is 0.287 e. The van der Waals surface area contributed by atoms with Gasteiger partial charge >= 0.3 is 0 Å². The molecule has 0 aliphatic rings. The predicted octanol–water partition coefficient (Wildman–Crippen LogP) is 3.30. The Morgan fingerprint density at radius 1 is 1.28 bits per heavy atom. The van der Waals surface area contributed by atoms with Gasteiger partial charge in [0, 0.05) is 6.54 Å². The molecule has 3 aromatic rings. The molecule has 130 valence electrons. The summed E-state index contributed by atoms with van der Waals surface area (Å²) >= 11 is 1.66. The van der Waals surface area contributed by atoms with Gasteiger partial charge in [-0.3, -0.25) is 9.48 Å². The molecule has 0 aliphatic carbocycles. The topological polar surface area (TPSA) is 73.0 Å². The summed E-state index contributed by atoms with van der Waals surface area (Å²) in [6, 6.07) is 13.3. The van der Waals surface area contributed by atoms with Crippen molar-refractivity contribution in [1.82, 2.24) is 20.1 Å². The van der Waals surface area contributed by atoms with Gasteiger partial charge in [0.2, 0.25) is 0 Å². The third-order valence-electron chi connectivity index (χ3n) is 3.79. The maximum Gasteiger partial charge on any atom is 0.287 e. The molecule has 1 N–H and O–H groups in total. The molecule has 6 nitrogen and oxygen atoms in total. The normalized spacial score (nSPS) is 12.0. The molecule has 0 saturated heterocycles. The number of nitrogens with one attached hydrogen (secondary N) is 1. The van der Waals surface area contributed by atoms with E-state index >= 15 is 0 Å². The Hall–Kier alpha value is -2.54. The maximum atomic E-state index is 12.6. The lowest BCUT2D eigenvalue weighted by molar-refractivity contribution is 0.0904. The van der Waals surface area contributed by atoms with Gasteiger partial charge in [-0.1, -0.05) is 30.3 Å². The van der Waals surface area contributed by atoms with E-state index in [0.717, 1.165) is 17.1 Å². The zero-order chi connectivity index (χ0) is 17.5. The fourth-order valence-corrected chi connectivity index (χ4v) is 3.01. The molecule has 0 aliphatic heterocycles. The minimum Gasteiger partial charge on any atom is -0.455 e. The summed E-state index contributed by atoms with van der Waals surface area (Å²) in [4.78, 5) is 16.5. The summed E-state index contributed by atoms with van der Waals surface area (Å²) in [6.45, 7) is 0.662. The number of benzene rings is 1. The van der Waals surface area contributed by atoms with Crippen LogP contribution in [0.25, 0.3) is 0 Å². The first-order chi connectivity index (χ1) is 12.3. The Balaban J connectivity index is 1.70. The van der Waals surface area contributed by atoms with Gasteiger partial charge in [0.1, 0.15) is 18.4 Å². The molecular weight excluding hydrogens is 336 g/mol. The van der Waals surface area contributed by atoms with E-state index in [-0.39, 0.29) is 11.9 Å². The van der Waals surface area contributed by atoms with Gasteiger partial charge in [-0.15, -0.1) is 0 Å². The number of carbonyl (C=O) groups is 1. The van der Waals surface area contributed by atoms with Crippen molar-refractivity contribution in [2.75, 3.05) is 6.26 Å². The van der Waals surface area contributed by atoms with E-state index in [4.69, 9.17) is 4.42 Å². The van der Waals surface area contributed by atoms with Gasteiger partial charge in [0.05, 0.1) is 11.8 Å². The summed E-state index contributed by atoms with van der Waals surface area (Å²) in [5.74, 6) is 1.68. The van der Waals surface area contributed by atoms with Crippen LogP contribution in [0.1, 0.15) is 34.3 Å². The lowest BCUT2D eigenvalue weighted by Gasteiger charge is -2.18. The summed E-state index contributed by atoms with van der Waals surface area (Å²) in [5, 5.41) is 7.18. The van der Waals surface area contributed by atoms with Crippen LogP contribution in [-0.4, -0.2) is 26.9 Å². The van der Waals surface area contributed by atoms with E-state index in [2.05, 4.69) is 15.4 Å². The first-order valence-corrected chi connectivity index (χ1v) is 9.41. The minimum absolute atomic E-state index is 0.132. The van der Waals surface area contributed by atoms with E-state index in [1.807, 2.05) is 42.7 Å². The van der Waals surface area contributed by atoms with Crippen molar-refractivity contribution in [3.63, 3.8) is 0 Å². The molecule has 0 fully saturated rings. The van der Waals surface area contributed by atoms with Gasteiger partial charge < -0.3 is 9.73 Å². The summed E-state index contributed by atoms with van der Waals surface area (Å²) in [6.07, 6.45) is 5.88. The standard InChI is InChI=1S/C18H20N4O2S/c1-25-11-15-7-8-17(24-15)18(23)21-16(14-5-3-2-4-6-14)9-10-22-13-19-12-20-22/h2-8,12-13,16H,9-11H2,1H3,(H,21,23)/t16-/m0/s1. The Labute approximate surface area is 150 Å². The SMILES string of the molecule is CSCc1ccc(C(=O)N[C@@H](CCn2cncn2)c2ccccc2)o1. The highest BCUT2D eigenvalue weighted by molar-refractivity contribution is 7.97. The first kappa shape index (κ1) is 17.3. The zero-order valence-electron chi connectivity index (χ0n) is 14.0. The van der Waals surface area contributed by atoms with Crippen molar-refractivity contribution in [1.29, 1.82) is 0 Å². The number of hydrogen-bond donors (Lipinski definition) is 1. The molecule has 2 heterocycles. The van der Waals surface area contributed by atoms with Gasteiger partial charge in [-0.05, 0) is 30.4 Å². The number of nitrogens with zero attached hydrogens (tertiary/aromatic N) is 3. The van der Waals surface area contributed by atoms with Crippen molar-refractivity contribution in [3.05, 3.63) is 72.2 Å². The fourth-order valence-electron chi connectivity index (χ4n) is 2.57. The second-order valence-electron chi connectivity index (χ2n) is 5.58. The minimum atomic E-state index is -0.209. The first-order valence-electron chi connectivity index (χ1n) is 8.02. The van der Waals surface area contributed by atoms with Gasteiger partial charge in [0.25, 0.3) is 5.91 Å². The number of carbonyl (C=O) groups excluding carboxylic acids is 1. The quantitative estimate of drug-likeness (QED) is 0.670. The molecule has 25 heavy (non-hydrogen) atoms. The van der Waals surface area contributed by atoms with Crippen LogP contribution in [0.2, 0.25) is 0 Å². The van der Waals surface area contributed by atoms with Crippen LogP contribution in [0, 0.1) is 0 Å².